The van der Waals surface area contributed by atoms with Crippen molar-refractivity contribution >= 4 is 23.5 Å². The third kappa shape index (κ3) is 5.07. The van der Waals surface area contributed by atoms with Gasteiger partial charge in [-0.1, -0.05) is 17.7 Å². The lowest BCUT2D eigenvalue weighted by Gasteiger charge is -2.15. The highest BCUT2D eigenvalue weighted by molar-refractivity contribution is 6.31. The summed E-state index contributed by atoms with van der Waals surface area (Å²) in [5, 5.41) is 3.38. The van der Waals surface area contributed by atoms with Gasteiger partial charge in [0.2, 0.25) is 6.79 Å². The van der Waals surface area contributed by atoms with E-state index in [-0.39, 0.29) is 19.4 Å². The molecule has 0 spiro atoms. The van der Waals surface area contributed by atoms with Crippen LogP contribution in [0.5, 0.6) is 17.2 Å². The van der Waals surface area contributed by atoms with Gasteiger partial charge < -0.3 is 24.3 Å². The van der Waals surface area contributed by atoms with Crippen molar-refractivity contribution in [1.82, 2.24) is 5.32 Å². The van der Waals surface area contributed by atoms with Gasteiger partial charge in [-0.2, -0.15) is 0 Å². The Bertz CT molecular complexity index is 885. The molecule has 0 unspecified atom stereocenters. The summed E-state index contributed by atoms with van der Waals surface area (Å²) in [6, 6.07) is 10.2. The summed E-state index contributed by atoms with van der Waals surface area (Å²) in [4.78, 5) is 23.8. The van der Waals surface area contributed by atoms with Crippen molar-refractivity contribution in [2.24, 2.45) is 0 Å². The van der Waals surface area contributed by atoms with Crippen LogP contribution in [-0.4, -0.2) is 31.9 Å². The fraction of sp³-hybridized carbons (Fsp3) is 0.300. The summed E-state index contributed by atoms with van der Waals surface area (Å²) in [7, 11) is 0. The molecule has 1 amide bonds. The van der Waals surface area contributed by atoms with Gasteiger partial charge in [-0.15, -0.1) is 0 Å². The van der Waals surface area contributed by atoms with Crippen LogP contribution in [0.1, 0.15) is 24.1 Å². The zero-order valence-electron chi connectivity index (χ0n) is 15.5. The summed E-state index contributed by atoms with van der Waals surface area (Å²) >= 11 is 5.94. The summed E-state index contributed by atoms with van der Waals surface area (Å²) in [6.07, 6.45) is 0. The van der Waals surface area contributed by atoms with Crippen LogP contribution in [0.3, 0.4) is 0 Å². The first-order valence-electron chi connectivity index (χ1n) is 8.66. The minimum atomic E-state index is -0.640. The first kappa shape index (κ1) is 19.8. The van der Waals surface area contributed by atoms with Crippen molar-refractivity contribution in [2.75, 3.05) is 20.0 Å². The molecule has 0 fully saturated rings. The molecule has 1 aliphatic heterocycles. The van der Waals surface area contributed by atoms with E-state index in [0.29, 0.717) is 22.3 Å². The first-order valence-corrected chi connectivity index (χ1v) is 9.03. The first-order chi connectivity index (χ1) is 13.4. The van der Waals surface area contributed by atoms with Gasteiger partial charge in [0.05, 0.1) is 6.04 Å². The number of carbonyl (C=O) groups excluding carboxylic acids is 2. The van der Waals surface area contributed by atoms with E-state index < -0.39 is 18.5 Å². The van der Waals surface area contributed by atoms with Crippen molar-refractivity contribution in [2.45, 2.75) is 19.9 Å². The van der Waals surface area contributed by atoms with Crippen LogP contribution in [0.2, 0.25) is 5.02 Å². The van der Waals surface area contributed by atoms with E-state index in [1.807, 2.05) is 19.9 Å². The van der Waals surface area contributed by atoms with E-state index in [1.165, 1.54) is 0 Å². The largest absolute Gasteiger partial charge is 0.482 e. The Labute approximate surface area is 167 Å². The molecule has 0 saturated carbocycles. The molecule has 28 heavy (non-hydrogen) atoms. The van der Waals surface area contributed by atoms with Gasteiger partial charge in [-0.25, -0.2) is 4.79 Å². The molecular weight excluding hydrogens is 386 g/mol. The van der Waals surface area contributed by atoms with Crippen molar-refractivity contribution in [3.05, 3.63) is 52.5 Å². The van der Waals surface area contributed by atoms with Crippen LogP contribution in [0.15, 0.2) is 36.4 Å². The lowest BCUT2D eigenvalue weighted by Crippen LogP contribution is -2.31. The van der Waals surface area contributed by atoms with Crippen molar-refractivity contribution in [1.29, 1.82) is 0 Å². The number of hydrogen-bond donors (Lipinski definition) is 1. The zero-order valence-corrected chi connectivity index (χ0v) is 16.2. The maximum Gasteiger partial charge on any atom is 0.344 e. The minimum Gasteiger partial charge on any atom is -0.482 e. The Morgan fingerprint density at radius 3 is 2.71 bits per heavy atom. The molecule has 2 aromatic carbocycles. The lowest BCUT2D eigenvalue weighted by atomic mass is 10.1. The maximum absolute atomic E-state index is 12.0. The number of rotatable bonds is 7. The molecule has 1 heterocycles. The predicted molar refractivity (Wildman–Crippen MR) is 102 cm³/mol. The smallest absolute Gasteiger partial charge is 0.344 e. The quantitative estimate of drug-likeness (QED) is 0.712. The predicted octanol–water partition coefficient (Wildman–Crippen LogP) is 3.18. The number of fused-ring (bicyclic) bond motifs is 1. The molecule has 7 nitrogen and oxygen atoms in total. The maximum atomic E-state index is 12.0. The van der Waals surface area contributed by atoms with E-state index in [4.69, 9.17) is 30.5 Å². The van der Waals surface area contributed by atoms with Crippen molar-refractivity contribution in [3.63, 3.8) is 0 Å². The van der Waals surface area contributed by atoms with Crippen LogP contribution < -0.4 is 19.5 Å². The third-order valence-corrected chi connectivity index (χ3v) is 4.55. The molecule has 3 rings (SSSR count). The molecule has 8 heteroatoms. The molecule has 2 aromatic rings. The number of ether oxygens (including phenoxy) is 4. The highest BCUT2D eigenvalue weighted by atomic mass is 35.5. The van der Waals surface area contributed by atoms with Crippen LogP contribution in [-0.2, 0) is 14.3 Å². The highest BCUT2D eigenvalue weighted by Gasteiger charge is 2.17. The monoisotopic (exact) mass is 405 g/mol. The molecule has 1 aliphatic rings. The normalized spacial score (nSPS) is 13.0. The number of nitrogens with one attached hydrogen (secondary N) is 1. The molecule has 0 aromatic heterocycles. The SMILES string of the molecule is Cc1cc(OCC(=O)OCC(=O)N[C@@H](C)c2ccc3c(c2)OCO3)ccc1Cl. The fourth-order valence-corrected chi connectivity index (χ4v) is 2.70. The second-order valence-electron chi connectivity index (χ2n) is 6.26. The van der Waals surface area contributed by atoms with Crippen molar-refractivity contribution in [3.8, 4) is 17.2 Å². The Morgan fingerprint density at radius 2 is 1.93 bits per heavy atom. The topological polar surface area (TPSA) is 83.1 Å². The summed E-state index contributed by atoms with van der Waals surface area (Å²) < 4.78 is 20.9. The second kappa shape index (κ2) is 8.84. The summed E-state index contributed by atoms with van der Waals surface area (Å²) in [5.74, 6) is 0.755. The Balaban J connectivity index is 1.42. The molecule has 0 bridgehead atoms. The van der Waals surface area contributed by atoms with E-state index in [2.05, 4.69) is 5.32 Å². The fourth-order valence-electron chi connectivity index (χ4n) is 2.59. The molecule has 148 valence electrons. The number of esters is 1. The number of benzene rings is 2. The van der Waals surface area contributed by atoms with Crippen LogP contribution in [0.25, 0.3) is 0 Å². The average Bonchev–Trinajstić information content (AvgIpc) is 3.15. The second-order valence-corrected chi connectivity index (χ2v) is 6.67. The Kier molecular flexibility index (Phi) is 6.26. The number of carbonyl (C=O) groups is 2. The summed E-state index contributed by atoms with van der Waals surface area (Å²) in [6.45, 7) is 3.15. The van der Waals surface area contributed by atoms with Gasteiger partial charge in [-0.05, 0) is 55.3 Å². The Morgan fingerprint density at radius 1 is 1.14 bits per heavy atom. The van der Waals surface area contributed by atoms with Gasteiger partial charge in [-0.3, -0.25) is 4.79 Å². The standard InChI is InChI=1S/C20H20ClNO6/c1-12-7-15(4-5-16(12)21)25-10-20(24)26-9-19(23)22-13(2)14-3-6-17-18(8-14)28-11-27-17/h3-8,13H,9-11H2,1-2H3,(H,22,23)/t13-/m0/s1. The van der Waals surface area contributed by atoms with Gasteiger partial charge in [0, 0.05) is 5.02 Å². The van der Waals surface area contributed by atoms with E-state index >= 15 is 0 Å². The number of aryl methyl sites for hydroxylation is 1. The van der Waals surface area contributed by atoms with Crippen LogP contribution >= 0.6 is 11.6 Å². The average molecular weight is 406 g/mol. The molecule has 1 N–H and O–H groups in total. The number of hydrogen-bond acceptors (Lipinski definition) is 6. The zero-order chi connectivity index (χ0) is 20.1. The minimum absolute atomic E-state index is 0.188. The lowest BCUT2D eigenvalue weighted by molar-refractivity contribution is -0.150. The van der Waals surface area contributed by atoms with Crippen molar-refractivity contribution < 1.29 is 28.5 Å². The summed E-state index contributed by atoms with van der Waals surface area (Å²) in [5.41, 5.74) is 1.69. The van der Waals surface area contributed by atoms with Crippen LogP contribution in [0, 0.1) is 6.92 Å². The van der Waals surface area contributed by atoms with E-state index in [9.17, 15) is 9.59 Å². The molecule has 1 atom stereocenters. The van der Waals surface area contributed by atoms with Gasteiger partial charge in [0.15, 0.2) is 24.7 Å². The van der Waals surface area contributed by atoms with Crippen LogP contribution in [0.4, 0.5) is 0 Å². The van der Waals surface area contributed by atoms with E-state index in [1.54, 1.807) is 30.3 Å². The number of amides is 1. The van der Waals surface area contributed by atoms with E-state index in [0.717, 1.165) is 11.1 Å². The molecular formula is C20H20ClNO6. The molecule has 0 aliphatic carbocycles. The van der Waals surface area contributed by atoms with Gasteiger partial charge in [0.25, 0.3) is 5.91 Å². The molecule has 0 saturated heterocycles. The highest BCUT2D eigenvalue weighted by Crippen LogP contribution is 2.34. The Hall–Kier alpha value is -2.93. The third-order valence-electron chi connectivity index (χ3n) is 4.12. The van der Waals surface area contributed by atoms with Gasteiger partial charge in [0.1, 0.15) is 5.75 Å². The number of halogens is 1. The molecule has 0 radical (unpaired) electrons. The van der Waals surface area contributed by atoms with Gasteiger partial charge >= 0.3 is 5.97 Å².